The van der Waals surface area contributed by atoms with Gasteiger partial charge in [-0.05, 0) is 12.1 Å². The number of rotatable bonds is 6. The van der Waals surface area contributed by atoms with Crippen molar-refractivity contribution in [1.29, 1.82) is 0 Å². The van der Waals surface area contributed by atoms with Gasteiger partial charge in [0.1, 0.15) is 12.2 Å². The number of amides is 1. The summed E-state index contributed by atoms with van der Waals surface area (Å²) in [4.78, 5) is 50.9. The third-order valence-corrected chi connectivity index (χ3v) is 4.33. The second-order valence-electron chi connectivity index (χ2n) is 6.23. The zero-order valence-electron chi connectivity index (χ0n) is 16.2. The van der Waals surface area contributed by atoms with Crippen LogP contribution in [0.15, 0.2) is 39.2 Å². The van der Waals surface area contributed by atoms with Crippen LogP contribution in [-0.2, 0) is 25.4 Å². The summed E-state index contributed by atoms with van der Waals surface area (Å²) < 4.78 is 8.42. The fraction of sp³-hybridized carbons (Fsp3) is 0.235. The molecular weight excluding hydrogens is 398 g/mol. The molecule has 13 heteroatoms. The van der Waals surface area contributed by atoms with Gasteiger partial charge in [0.2, 0.25) is 0 Å². The molecule has 2 aromatic heterocycles. The number of benzene rings is 1. The van der Waals surface area contributed by atoms with Crippen LogP contribution in [0.4, 0.5) is 5.69 Å². The zero-order valence-corrected chi connectivity index (χ0v) is 16.2. The first kappa shape index (κ1) is 20.4. The molecule has 0 saturated heterocycles. The van der Waals surface area contributed by atoms with E-state index >= 15 is 0 Å². The molecular formula is C17H17N7O6. The number of fused-ring (bicyclic) bond motifs is 1. The molecule has 0 spiro atoms. The Hall–Kier alpha value is -4.29. The molecule has 1 amide bonds. The first-order valence-corrected chi connectivity index (χ1v) is 8.49. The molecule has 3 aromatic rings. The number of nitro benzene ring substituents is 1. The van der Waals surface area contributed by atoms with Gasteiger partial charge < -0.3 is 9.30 Å². The maximum Gasteiger partial charge on any atom is 0.332 e. The van der Waals surface area contributed by atoms with Crippen LogP contribution in [0.2, 0.25) is 0 Å². The van der Waals surface area contributed by atoms with Crippen LogP contribution in [0.1, 0.15) is 5.56 Å². The minimum absolute atomic E-state index is 0.0569. The number of carbonyl (C=O) groups is 1. The molecule has 30 heavy (non-hydrogen) atoms. The number of ether oxygens (including phenoxy) is 1. The summed E-state index contributed by atoms with van der Waals surface area (Å²) in [6, 6.07) is 4.21. The molecule has 0 unspecified atom stereocenters. The Balaban J connectivity index is 1.77. The lowest BCUT2D eigenvalue weighted by atomic mass is 10.2. The van der Waals surface area contributed by atoms with E-state index in [0.717, 1.165) is 4.57 Å². The number of nitro groups is 1. The summed E-state index contributed by atoms with van der Waals surface area (Å²) in [6.45, 7) is -0.253. The van der Waals surface area contributed by atoms with Gasteiger partial charge in [-0.25, -0.2) is 15.2 Å². The van der Waals surface area contributed by atoms with E-state index in [0.29, 0.717) is 5.56 Å². The van der Waals surface area contributed by atoms with Crippen molar-refractivity contribution < 1.29 is 14.5 Å². The third kappa shape index (κ3) is 3.67. The van der Waals surface area contributed by atoms with Gasteiger partial charge in [-0.15, -0.1) is 0 Å². The Morgan fingerprint density at radius 1 is 1.33 bits per heavy atom. The Morgan fingerprint density at radius 3 is 2.73 bits per heavy atom. The highest BCUT2D eigenvalue weighted by Gasteiger charge is 2.16. The van der Waals surface area contributed by atoms with E-state index in [4.69, 9.17) is 4.74 Å². The van der Waals surface area contributed by atoms with Crippen molar-refractivity contribution in [2.45, 2.75) is 6.54 Å². The van der Waals surface area contributed by atoms with Crippen LogP contribution < -0.4 is 21.4 Å². The van der Waals surface area contributed by atoms with Gasteiger partial charge in [0, 0.05) is 25.7 Å². The molecule has 0 radical (unpaired) electrons. The lowest BCUT2D eigenvalue weighted by Gasteiger charge is -2.07. The average molecular weight is 415 g/mol. The molecule has 13 nitrogen and oxygen atoms in total. The Labute approximate surface area is 168 Å². The molecule has 0 atom stereocenters. The molecule has 0 saturated carbocycles. The van der Waals surface area contributed by atoms with Gasteiger partial charge in [0.15, 0.2) is 11.3 Å². The van der Waals surface area contributed by atoms with Crippen LogP contribution in [0.5, 0.6) is 5.75 Å². The fourth-order valence-corrected chi connectivity index (χ4v) is 2.85. The van der Waals surface area contributed by atoms with E-state index in [1.165, 1.54) is 61.1 Å². The number of carbonyl (C=O) groups excluding carboxylic acids is 1. The minimum Gasteiger partial charge on any atom is -0.490 e. The topological polar surface area (TPSA) is 156 Å². The summed E-state index contributed by atoms with van der Waals surface area (Å²) in [5.41, 5.74) is 1.57. The molecule has 0 aliphatic carbocycles. The largest absolute Gasteiger partial charge is 0.490 e. The van der Waals surface area contributed by atoms with E-state index in [-0.39, 0.29) is 29.1 Å². The zero-order chi connectivity index (χ0) is 22.0. The first-order chi connectivity index (χ1) is 14.2. The normalized spacial score (nSPS) is 11.2. The number of methoxy groups -OCH3 is 1. The Kier molecular flexibility index (Phi) is 5.44. The number of hydrazone groups is 1. The minimum atomic E-state index is -0.590. The van der Waals surface area contributed by atoms with Crippen LogP contribution in [0.25, 0.3) is 11.2 Å². The van der Waals surface area contributed by atoms with Crippen molar-refractivity contribution in [3.8, 4) is 5.75 Å². The van der Waals surface area contributed by atoms with Crippen molar-refractivity contribution in [3.05, 3.63) is 61.0 Å². The summed E-state index contributed by atoms with van der Waals surface area (Å²) in [6.07, 6.45) is 2.52. The standard InChI is InChI=1S/C17H17N7O6/c1-21-15-14(16(26)22(2)17(21)27)18-9-23(15)8-13(25)20-19-7-10-4-5-12(30-3)11(6-10)24(28)29/h4-7,9H,8H2,1-3H3,(H,20,25)/b19-7+. The van der Waals surface area contributed by atoms with E-state index in [1.54, 1.807) is 0 Å². The maximum absolute atomic E-state index is 12.2. The number of aryl methyl sites for hydroxylation is 1. The molecule has 0 aliphatic heterocycles. The lowest BCUT2D eigenvalue weighted by Crippen LogP contribution is -2.37. The molecule has 1 aromatic carbocycles. The number of nitrogens with one attached hydrogen (secondary N) is 1. The highest BCUT2D eigenvalue weighted by atomic mass is 16.6. The van der Waals surface area contributed by atoms with Crippen LogP contribution in [-0.4, -0.2) is 42.8 Å². The smallest absolute Gasteiger partial charge is 0.332 e. The fourth-order valence-electron chi connectivity index (χ4n) is 2.85. The maximum atomic E-state index is 12.2. The monoisotopic (exact) mass is 415 g/mol. The van der Waals surface area contributed by atoms with Crippen molar-refractivity contribution in [3.63, 3.8) is 0 Å². The first-order valence-electron chi connectivity index (χ1n) is 8.49. The highest BCUT2D eigenvalue weighted by Crippen LogP contribution is 2.26. The van der Waals surface area contributed by atoms with Crippen molar-refractivity contribution in [2.24, 2.45) is 19.2 Å². The SMILES string of the molecule is COc1ccc(/C=N/NC(=O)Cn2cnc3c(=O)n(C)c(=O)n(C)c32)cc1[N+](=O)[O-]. The average Bonchev–Trinajstić information content (AvgIpc) is 3.14. The van der Waals surface area contributed by atoms with Gasteiger partial charge >= 0.3 is 11.4 Å². The number of hydrogen-bond acceptors (Lipinski definition) is 8. The lowest BCUT2D eigenvalue weighted by molar-refractivity contribution is -0.385. The molecule has 0 bridgehead atoms. The quantitative estimate of drug-likeness (QED) is 0.323. The Morgan fingerprint density at radius 2 is 2.07 bits per heavy atom. The van der Waals surface area contributed by atoms with Crippen LogP contribution in [0.3, 0.4) is 0 Å². The van der Waals surface area contributed by atoms with Crippen LogP contribution >= 0.6 is 0 Å². The molecule has 1 N–H and O–H groups in total. The Bertz CT molecular complexity index is 1300. The van der Waals surface area contributed by atoms with Gasteiger partial charge in [0.25, 0.3) is 11.5 Å². The van der Waals surface area contributed by atoms with E-state index in [9.17, 15) is 24.5 Å². The summed E-state index contributed by atoms with van der Waals surface area (Å²) in [7, 11) is 4.13. The number of hydrogen-bond donors (Lipinski definition) is 1. The predicted octanol–water partition coefficient (Wildman–Crippen LogP) is -0.499. The molecule has 0 aliphatic rings. The summed E-state index contributed by atoms with van der Waals surface area (Å²) >= 11 is 0. The van der Waals surface area contributed by atoms with Crippen LogP contribution in [0, 0.1) is 10.1 Å². The molecule has 2 heterocycles. The highest BCUT2D eigenvalue weighted by molar-refractivity contribution is 5.84. The van der Waals surface area contributed by atoms with Gasteiger partial charge in [-0.3, -0.25) is 28.8 Å². The summed E-state index contributed by atoms with van der Waals surface area (Å²) in [5.74, 6) is -0.452. The van der Waals surface area contributed by atoms with Crippen molar-refractivity contribution >= 4 is 29.0 Å². The van der Waals surface area contributed by atoms with Crippen molar-refractivity contribution in [2.75, 3.05) is 7.11 Å². The second-order valence-corrected chi connectivity index (χ2v) is 6.23. The van der Waals surface area contributed by atoms with E-state index in [1.807, 2.05) is 0 Å². The van der Waals surface area contributed by atoms with E-state index in [2.05, 4.69) is 15.5 Å². The third-order valence-electron chi connectivity index (χ3n) is 4.33. The number of imidazole rings is 1. The molecule has 0 fully saturated rings. The van der Waals surface area contributed by atoms with Gasteiger partial charge in [-0.2, -0.15) is 5.10 Å². The van der Waals surface area contributed by atoms with Crippen molar-refractivity contribution in [1.82, 2.24) is 24.1 Å². The second kappa shape index (κ2) is 7.98. The van der Waals surface area contributed by atoms with Gasteiger partial charge in [0.05, 0.1) is 24.6 Å². The molecule has 3 rings (SSSR count). The molecule has 156 valence electrons. The number of aromatic nitrogens is 4. The number of nitrogens with zero attached hydrogens (tertiary/aromatic N) is 6. The van der Waals surface area contributed by atoms with E-state index < -0.39 is 22.1 Å². The van der Waals surface area contributed by atoms with Gasteiger partial charge in [-0.1, -0.05) is 0 Å². The summed E-state index contributed by atoms with van der Waals surface area (Å²) in [5, 5.41) is 14.8. The predicted molar refractivity (Wildman–Crippen MR) is 106 cm³/mol.